The molecule has 1 saturated carbocycles. The number of carbonyl (C=O) groups excluding carboxylic acids is 1. The van der Waals surface area contributed by atoms with E-state index in [0.29, 0.717) is 18.6 Å². The lowest BCUT2D eigenvalue weighted by Gasteiger charge is -2.23. The highest BCUT2D eigenvalue weighted by molar-refractivity contribution is 5.82. The summed E-state index contributed by atoms with van der Waals surface area (Å²) in [6.07, 6.45) is 4.37. The van der Waals surface area contributed by atoms with Crippen LogP contribution < -0.4 is 10.6 Å². The summed E-state index contributed by atoms with van der Waals surface area (Å²) in [6.45, 7) is 5.59. The summed E-state index contributed by atoms with van der Waals surface area (Å²) in [7, 11) is 0. The fourth-order valence-corrected chi connectivity index (χ4v) is 3.68. The van der Waals surface area contributed by atoms with E-state index in [-0.39, 0.29) is 17.9 Å². The molecule has 1 amide bonds. The van der Waals surface area contributed by atoms with E-state index in [1.54, 1.807) is 0 Å². The van der Waals surface area contributed by atoms with Crippen molar-refractivity contribution in [1.29, 1.82) is 0 Å². The van der Waals surface area contributed by atoms with E-state index in [0.717, 1.165) is 38.8 Å². The van der Waals surface area contributed by atoms with Crippen LogP contribution >= 0.6 is 0 Å². The summed E-state index contributed by atoms with van der Waals surface area (Å²) in [5.74, 6) is 0.511. The molecule has 0 bridgehead atoms. The molecule has 1 spiro atoms. The van der Waals surface area contributed by atoms with Gasteiger partial charge in [-0.15, -0.1) is 0 Å². The number of amides is 1. The number of benzene rings is 1. The van der Waals surface area contributed by atoms with Crippen molar-refractivity contribution in [2.24, 2.45) is 11.3 Å². The number of piperidine rings is 1. The van der Waals surface area contributed by atoms with E-state index < -0.39 is 0 Å². The number of hydrogen-bond acceptors (Lipinski definition) is 3. The Morgan fingerprint density at radius 1 is 1.35 bits per heavy atom. The van der Waals surface area contributed by atoms with E-state index in [1.165, 1.54) is 5.56 Å². The second-order valence-corrected chi connectivity index (χ2v) is 6.94. The zero-order chi connectivity index (χ0) is 16.1. The zero-order valence-electron chi connectivity index (χ0n) is 14.0. The van der Waals surface area contributed by atoms with Crippen LogP contribution in [-0.2, 0) is 9.53 Å². The number of rotatable bonds is 7. The average Bonchev–Trinajstić information content (AvgIpc) is 3.28. The highest BCUT2D eigenvalue weighted by Gasteiger charge is 2.57. The maximum atomic E-state index is 12.2. The van der Waals surface area contributed by atoms with Crippen molar-refractivity contribution in [3.63, 3.8) is 0 Å². The summed E-state index contributed by atoms with van der Waals surface area (Å²) in [4.78, 5) is 12.2. The number of nitrogens with one attached hydrogen (secondary N) is 2. The maximum absolute atomic E-state index is 12.2. The molecule has 1 aliphatic heterocycles. The minimum Gasteiger partial charge on any atom is -0.374 e. The molecule has 0 aromatic heterocycles. The second kappa shape index (κ2) is 7.45. The molecule has 126 valence electrons. The number of carbonyl (C=O) groups is 1. The topological polar surface area (TPSA) is 50.4 Å². The van der Waals surface area contributed by atoms with Crippen LogP contribution in [0, 0.1) is 11.3 Å². The van der Waals surface area contributed by atoms with Crippen LogP contribution in [0.1, 0.15) is 44.3 Å². The van der Waals surface area contributed by atoms with Gasteiger partial charge in [0.25, 0.3) is 0 Å². The van der Waals surface area contributed by atoms with E-state index in [9.17, 15) is 4.79 Å². The number of ether oxygens (including phenoxy) is 1. The molecule has 4 nitrogen and oxygen atoms in total. The van der Waals surface area contributed by atoms with Gasteiger partial charge < -0.3 is 15.4 Å². The summed E-state index contributed by atoms with van der Waals surface area (Å²) >= 11 is 0. The molecule has 1 aromatic carbocycles. The van der Waals surface area contributed by atoms with Crippen molar-refractivity contribution in [3.8, 4) is 0 Å². The first kappa shape index (κ1) is 16.5. The summed E-state index contributed by atoms with van der Waals surface area (Å²) in [5, 5.41) is 6.47. The van der Waals surface area contributed by atoms with Gasteiger partial charge in [-0.05, 0) is 56.7 Å². The van der Waals surface area contributed by atoms with Gasteiger partial charge in [-0.25, -0.2) is 0 Å². The monoisotopic (exact) mass is 316 g/mol. The average molecular weight is 316 g/mol. The summed E-state index contributed by atoms with van der Waals surface area (Å²) < 4.78 is 5.84. The summed E-state index contributed by atoms with van der Waals surface area (Å²) in [5.41, 5.74) is 1.52. The van der Waals surface area contributed by atoms with Gasteiger partial charge in [-0.2, -0.15) is 0 Å². The van der Waals surface area contributed by atoms with Gasteiger partial charge in [0.05, 0.1) is 6.10 Å². The van der Waals surface area contributed by atoms with Crippen molar-refractivity contribution in [2.45, 2.75) is 38.7 Å². The van der Waals surface area contributed by atoms with Crippen LogP contribution in [-0.4, -0.2) is 32.1 Å². The lowest BCUT2D eigenvalue weighted by molar-refractivity contribution is -0.123. The minimum atomic E-state index is 0.105. The van der Waals surface area contributed by atoms with Crippen LogP contribution in [0.4, 0.5) is 0 Å². The standard InChI is InChI=1S/C19H28N2O2/c1-15(16-6-3-2-4-7-16)23-13-5-10-21-18(22)17-14-19(17)8-11-20-12-9-19/h2-4,6-7,15,17,20H,5,8-14H2,1H3,(H,21,22). The molecule has 1 heterocycles. The molecule has 2 unspecified atom stereocenters. The first-order valence-corrected chi connectivity index (χ1v) is 8.86. The fourth-order valence-electron chi connectivity index (χ4n) is 3.68. The Kier molecular flexibility index (Phi) is 5.34. The third-order valence-corrected chi connectivity index (χ3v) is 5.36. The molecule has 1 saturated heterocycles. The first-order valence-electron chi connectivity index (χ1n) is 8.86. The molecule has 4 heteroatoms. The van der Waals surface area contributed by atoms with E-state index in [1.807, 2.05) is 18.2 Å². The van der Waals surface area contributed by atoms with Gasteiger partial charge in [-0.3, -0.25) is 4.79 Å². The van der Waals surface area contributed by atoms with Gasteiger partial charge in [0.15, 0.2) is 0 Å². The second-order valence-electron chi connectivity index (χ2n) is 6.94. The molecule has 3 rings (SSSR count). The Morgan fingerprint density at radius 2 is 2.09 bits per heavy atom. The van der Waals surface area contributed by atoms with Crippen molar-refractivity contribution in [1.82, 2.24) is 10.6 Å². The molecule has 2 atom stereocenters. The van der Waals surface area contributed by atoms with E-state index >= 15 is 0 Å². The van der Waals surface area contributed by atoms with E-state index in [4.69, 9.17) is 4.74 Å². The van der Waals surface area contributed by atoms with Gasteiger partial charge in [0.1, 0.15) is 0 Å². The highest BCUT2D eigenvalue weighted by atomic mass is 16.5. The maximum Gasteiger partial charge on any atom is 0.223 e. The van der Waals surface area contributed by atoms with Gasteiger partial charge in [0, 0.05) is 19.1 Å². The molecule has 2 aliphatic rings. The smallest absolute Gasteiger partial charge is 0.223 e. The molecule has 1 aliphatic carbocycles. The van der Waals surface area contributed by atoms with Gasteiger partial charge >= 0.3 is 0 Å². The predicted molar refractivity (Wildman–Crippen MR) is 91.1 cm³/mol. The van der Waals surface area contributed by atoms with Crippen LogP contribution in [0.2, 0.25) is 0 Å². The third kappa shape index (κ3) is 4.12. The Morgan fingerprint density at radius 3 is 2.83 bits per heavy atom. The lowest BCUT2D eigenvalue weighted by Crippen LogP contribution is -2.34. The quantitative estimate of drug-likeness (QED) is 0.760. The molecule has 23 heavy (non-hydrogen) atoms. The van der Waals surface area contributed by atoms with Gasteiger partial charge in [-0.1, -0.05) is 30.3 Å². The van der Waals surface area contributed by atoms with Crippen molar-refractivity contribution >= 4 is 5.91 Å². The fraction of sp³-hybridized carbons (Fsp3) is 0.632. The zero-order valence-corrected chi connectivity index (χ0v) is 14.0. The summed E-state index contributed by atoms with van der Waals surface area (Å²) in [6, 6.07) is 10.2. The van der Waals surface area contributed by atoms with Crippen molar-refractivity contribution in [3.05, 3.63) is 35.9 Å². The number of hydrogen-bond donors (Lipinski definition) is 2. The van der Waals surface area contributed by atoms with Crippen LogP contribution in [0.5, 0.6) is 0 Å². The lowest BCUT2D eigenvalue weighted by atomic mass is 9.92. The first-order chi connectivity index (χ1) is 11.2. The molecule has 0 radical (unpaired) electrons. The van der Waals surface area contributed by atoms with E-state index in [2.05, 4.69) is 29.7 Å². The van der Waals surface area contributed by atoms with Crippen molar-refractivity contribution < 1.29 is 9.53 Å². The Bertz CT molecular complexity index is 511. The molecular weight excluding hydrogens is 288 g/mol. The molecule has 2 fully saturated rings. The van der Waals surface area contributed by atoms with Gasteiger partial charge in [0.2, 0.25) is 5.91 Å². The SMILES string of the molecule is CC(OCCCNC(=O)C1CC12CCNCC2)c1ccccc1. The Hall–Kier alpha value is -1.39. The molecular formula is C19H28N2O2. The normalized spacial score (nSPS) is 23.4. The van der Waals surface area contributed by atoms with Crippen LogP contribution in [0.25, 0.3) is 0 Å². The molecule has 2 N–H and O–H groups in total. The van der Waals surface area contributed by atoms with Crippen LogP contribution in [0.15, 0.2) is 30.3 Å². The third-order valence-electron chi connectivity index (χ3n) is 5.36. The Balaban J connectivity index is 1.29. The molecule has 1 aromatic rings. The Labute approximate surface area is 139 Å². The largest absolute Gasteiger partial charge is 0.374 e. The minimum absolute atomic E-state index is 0.105. The highest BCUT2D eigenvalue weighted by Crippen LogP contribution is 2.58. The predicted octanol–water partition coefficient (Wildman–Crippen LogP) is 2.66. The van der Waals surface area contributed by atoms with Crippen LogP contribution in [0.3, 0.4) is 0 Å². The van der Waals surface area contributed by atoms with Crippen molar-refractivity contribution in [2.75, 3.05) is 26.2 Å².